The van der Waals surface area contributed by atoms with E-state index in [1.807, 2.05) is 0 Å². The van der Waals surface area contributed by atoms with Gasteiger partial charge in [0.25, 0.3) is 0 Å². The van der Waals surface area contributed by atoms with Crippen molar-refractivity contribution in [1.82, 2.24) is 0 Å². The first kappa shape index (κ1) is 21.3. The third-order valence-corrected chi connectivity index (χ3v) is 15.4. The van der Waals surface area contributed by atoms with Crippen LogP contribution < -0.4 is 0 Å². The van der Waals surface area contributed by atoms with Gasteiger partial charge in [-0.15, -0.1) is 0 Å². The van der Waals surface area contributed by atoms with Crippen LogP contribution in [0.15, 0.2) is 0 Å². The Hall–Kier alpha value is 0.314. The maximum atomic E-state index is 9.12. The molecule has 0 bridgehead atoms. The molecule has 0 fully saturated rings. The zero-order valence-electron chi connectivity index (χ0n) is 15.5. The molecule has 0 heterocycles. The summed E-state index contributed by atoms with van der Waals surface area (Å²) in [7, 11) is -3.46. The molecule has 0 spiro atoms. The Kier molecular flexibility index (Phi) is 7.84. The van der Waals surface area contributed by atoms with E-state index in [0.29, 0.717) is 0 Å². The number of rotatable bonds is 10. The predicted octanol–water partition coefficient (Wildman–Crippen LogP) is 4.17. The van der Waals surface area contributed by atoms with Crippen molar-refractivity contribution in [3.63, 3.8) is 0 Å². The van der Waals surface area contributed by atoms with E-state index in [9.17, 15) is 0 Å². The summed E-state index contributed by atoms with van der Waals surface area (Å²) in [6.45, 7) is 18.9. The molecule has 3 nitrogen and oxygen atoms in total. The first-order chi connectivity index (χ1) is 9.33. The Morgan fingerprint density at radius 2 is 1.33 bits per heavy atom. The highest BCUT2D eigenvalue weighted by molar-refractivity contribution is 6.82. The zero-order valence-corrected chi connectivity index (χ0v) is 17.5. The Labute approximate surface area is 134 Å². The van der Waals surface area contributed by atoms with Gasteiger partial charge in [-0.25, -0.2) is 0 Å². The largest absolute Gasteiger partial charge is 0.415 e. The van der Waals surface area contributed by atoms with E-state index in [1.165, 1.54) is 0 Å². The van der Waals surface area contributed by atoms with Crippen molar-refractivity contribution in [2.24, 2.45) is 0 Å². The van der Waals surface area contributed by atoms with E-state index >= 15 is 0 Å². The average molecular weight is 335 g/mol. The van der Waals surface area contributed by atoms with Crippen LogP contribution in [0.5, 0.6) is 0 Å². The summed E-state index contributed by atoms with van der Waals surface area (Å²) in [5.41, 5.74) is 0. The predicted molar refractivity (Wildman–Crippen MR) is 97.0 cm³/mol. The molecular formula is C16H38O3Si2. The van der Waals surface area contributed by atoms with E-state index < -0.39 is 16.4 Å². The molecule has 0 unspecified atom stereocenters. The van der Waals surface area contributed by atoms with Crippen molar-refractivity contribution in [1.29, 1.82) is 0 Å². The lowest BCUT2D eigenvalue weighted by Crippen LogP contribution is -2.59. The topological polar surface area (TPSA) is 49.7 Å². The normalized spacial score (nSPS) is 14.6. The highest BCUT2D eigenvalue weighted by Gasteiger charge is 2.48. The summed E-state index contributed by atoms with van der Waals surface area (Å²) in [4.78, 5) is 0. The van der Waals surface area contributed by atoms with Gasteiger partial charge < -0.3 is 14.6 Å². The van der Waals surface area contributed by atoms with Crippen LogP contribution in [0.25, 0.3) is 0 Å². The first-order valence-corrected chi connectivity index (χ1v) is 14.4. The van der Waals surface area contributed by atoms with E-state index in [2.05, 4.69) is 53.9 Å². The Bertz CT molecular complexity index is 283. The molecule has 0 radical (unpaired) electrons. The van der Waals surface area contributed by atoms with Gasteiger partial charge in [-0.3, -0.25) is 0 Å². The lowest BCUT2D eigenvalue weighted by atomic mass is 10.1. The van der Waals surface area contributed by atoms with Crippen LogP contribution in [0, 0.1) is 0 Å². The third kappa shape index (κ3) is 5.79. The molecule has 0 aliphatic carbocycles. The molecule has 0 saturated heterocycles. The van der Waals surface area contributed by atoms with Crippen molar-refractivity contribution >= 4 is 16.4 Å². The molecule has 128 valence electrons. The van der Waals surface area contributed by atoms with Crippen LogP contribution in [0.4, 0.5) is 0 Å². The van der Waals surface area contributed by atoms with Gasteiger partial charge in [0.15, 0.2) is 8.32 Å². The maximum Gasteiger partial charge on any atom is 0.192 e. The monoisotopic (exact) mass is 334 g/mol. The molecule has 0 amide bonds. The van der Waals surface area contributed by atoms with Gasteiger partial charge in [-0.1, -0.05) is 33.0 Å². The second kappa shape index (κ2) is 7.73. The number of hydrogen-bond acceptors (Lipinski definition) is 3. The lowest BCUT2D eigenvalue weighted by molar-refractivity contribution is 0.157. The van der Waals surface area contributed by atoms with Gasteiger partial charge in [0.05, 0.1) is 8.07 Å². The van der Waals surface area contributed by atoms with E-state index in [0.717, 1.165) is 25.3 Å². The van der Waals surface area contributed by atoms with Crippen LogP contribution in [-0.4, -0.2) is 45.0 Å². The van der Waals surface area contributed by atoms with E-state index in [-0.39, 0.29) is 23.5 Å². The minimum atomic E-state index is -1.89. The molecule has 0 aromatic rings. The van der Waals surface area contributed by atoms with Crippen molar-refractivity contribution in [2.45, 2.75) is 89.5 Å². The first-order valence-electron chi connectivity index (χ1n) is 8.25. The zero-order chi connectivity index (χ0) is 16.9. The van der Waals surface area contributed by atoms with Crippen LogP contribution in [0.3, 0.4) is 0 Å². The smallest absolute Gasteiger partial charge is 0.192 e. The highest BCUT2D eigenvalue weighted by Crippen LogP contribution is 2.45. The number of aliphatic hydroxyl groups excluding tert-OH is 2. The second-order valence-corrected chi connectivity index (χ2v) is 18.6. The van der Waals surface area contributed by atoms with Crippen LogP contribution >= 0.6 is 0 Å². The Morgan fingerprint density at radius 1 is 0.857 bits per heavy atom. The fourth-order valence-corrected chi connectivity index (χ4v) is 8.40. The van der Waals surface area contributed by atoms with E-state index in [4.69, 9.17) is 14.6 Å². The molecule has 0 rings (SSSR count). The number of hydrogen-bond donors (Lipinski definition) is 2. The molecule has 2 N–H and O–H groups in total. The van der Waals surface area contributed by atoms with Gasteiger partial charge in [-0.2, -0.15) is 0 Å². The van der Waals surface area contributed by atoms with Crippen LogP contribution in [0.2, 0.25) is 37.3 Å². The standard InChI is InChI=1S/C16H38O3Si2/c1-15(2,11-9-12-17)21(7,8)19-16(3,4)20(5,6)14-10-13-18/h17-18H,9-14H2,1-8H3. The van der Waals surface area contributed by atoms with Crippen molar-refractivity contribution in [3.8, 4) is 0 Å². The molecule has 5 heteroatoms. The quantitative estimate of drug-likeness (QED) is 0.590. The summed E-state index contributed by atoms with van der Waals surface area (Å²) < 4.78 is 6.79. The third-order valence-electron chi connectivity index (χ3n) is 5.69. The lowest BCUT2D eigenvalue weighted by Gasteiger charge is -2.50. The van der Waals surface area contributed by atoms with Gasteiger partial charge >= 0.3 is 0 Å². The number of aliphatic hydroxyl groups is 2. The summed E-state index contributed by atoms with van der Waals surface area (Å²) in [5, 5.41) is 18.3. The minimum absolute atomic E-state index is 0.0889. The fourth-order valence-electron chi connectivity index (χ4n) is 2.56. The molecule has 0 atom stereocenters. The molecule has 21 heavy (non-hydrogen) atoms. The molecule has 0 aromatic heterocycles. The maximum absolute atomic E-state index is 9.12. The van der Waals surface area contributed by atoms with Gasteiger partial charge in [0.2, 0.25) is 0 Å². The van der Waals surface area contributed by atoms with Gasteiger partial charge in [-0.05, 0) is 51.2 Å². The molecule has 0 saturated carbocycles. The molecule has 0 aliphatic heterocycles. The highest BCUT2D eigenvalue weighted by atomic mass is 28.4. The Balaban J connectivity index is 5.04. The van der Waals surface area contributed by atoms with Crippen LogP contribution in [-0.2, 0) is 4.43 Å². The van der Waals surface area contributed by atoms with Crippen LogP contribution in [0.1, 0.15) is 47.0 Å². The summed E-state index contributed by atoms with van der Waals surface area (Å²) in [5.74, 6) is 0. The summed E-state index contributed by atoms with van der Waals surface area (Å²) in [6.07, 6.45) is 2.73. The van der Waals surface area contributed by atoms with Crippen molar-refractivity contribution < 1.29 is 14.6 Å². The molecule has 0 aromatic carbocycles. The van der Waals surface area contributed by atoms with Gasteiger partial charge in [0, 0.05) is 18.4 Å². The van der Waals surface area contributed by atoms with E-state index in [1.54, 1.807) is 0 Å². The average Bonchev–Trinajstić information content (AvgIpc) is 2.32. The minimum Gasteiger partial charge on any atom is -0.415 e. The van der Waals surface area contributed by atoms with Crippen molar-refractivity contribution in [2.75, 3.05) is 13.2 Å². The SMILES string of the molecule is CC(C)(O[Si](C)(C)C(C)(C)CCCO)[Si](C)(C)CCCO. The van der Waals surface area contributed by atoms with Crippen molar-refractivity contribution in [3.05, 3.63) is 0 Å². The summed E-state index contributed by atoms with van der Waals surface area (Å²) in [6, 6.07) is 1.10. The Morgan fingerprint density at radius 3 is 1.76 bits per heavy atom. The fraction of sp³-hybridized carbons (Fsp3) is 1.00. The van der Waals surface area contributed by atoms with Gasteiger partial charge in [0.1, 0.15) is 0 Å². The summed E-state index contributed by atoms with van der Waals surface area (Å²) >= 11 is 0. The molecule has 0 aliphatic rings. The second-order valence-electron chi connectivity index (χ2n) is 8.54. The molecular weight excluding hydrogens is 296 g/mol.